The number of carbonyl (C=O) groups excluding carboxylic acids is 1. The van der Waals surface area contributed by atoms with E-state index in [0.29, 0.717) is 17.1 Å². The topological polar surface area (TPSA) is 112 Å². The molecule has 3 aromatic rings. The lowest BCUT2D eigenvalue weighted by Crippen LogP contribution is -2.30. The largest absolute Gasteiger partial charge is 0.487 e. The number of hydrogen-bond acceptors (Lipinski definition) is 6. The van der Waals surface area contributed by atoms with Crippen LogP contribution in [0.25, 0.3) is 0 Å². The molecule has 3 N–H and O–H groups in total. The van der Waals surface area contributed by atoms with E-state index in [1.165, 1.54) is 23.0 Å². The number of pyridine rings is 1. The molecule has 1 amide bonds. The van der Waals surface area contributed by atoms with Gasteiger partial charge in [-0.2, -0.15) is 0 Å². The van der Waals surface area contributed by atoms with Crippen molar-refractivity contribution in [1.29, 1.82) is 0 Å². The monoisotopic (exact) mass is 543 g/mol. The number of hydrogen-bond donors (Lipinski definition) is 2. The van der Waals surface area contributed by atoms with Crippen molar-refractivity contribution in [2.75, 3.05) is 6.54 Å². The van der Waals surface area contributed by atoms with Crippen molar-refractivity contribution in [3.05, 3.63) is 85.8 Å². The molecule has 0 spiro atoms. The minimum Gasteiger partial charge on any atom is -0.487 e. The molecule has 0 aliphatic heterocycles. The lowest BCUT2D eigenvalue weighted by Gasteiger charge is -2.14. The summed E-state index contributed by atoms with van der Waals surface area (Å²) in [4.78, 5) is 32.5. The van der Waals surface area contributed by atoms with Gasteiger partial charge in [-0.15, -0.1) is 12.4 Å². The number of aryl methyl sites for hydroxylation is 1. The van der Waals surface area contributed by atoms with Crippen molar-refractivity contribution < 1.29 is 18.3 Å². The van der Waals surface area contributed by atoms with Gasteiger partial charge in [0.05, 0.1) is 43.4 Å². The van der Waals surface area contributed by atoms with Gasteiger partial charge in [0.2, 0.25) is 5.91 Å². The Balaban J connectivity index is 0.00000385. The summed E-state index contributed by atoms with van der Waals surface area (Å²) in [5, 5.41) is 2.60. The van der Waals surface area contributed by atoms with E-state index in [1.807, 2.05) is 0 Å². The number of nitrogens with two attached hydrogens (primary N) is 1. The van der Waals surface area contributed by atoms with Gasteiger partial charge in [0, 0.05) is 23.4 Å². The van der Waals surface area contributed by atoms with Crippen LogP contribution in [0.3, 0.4) is 0 Å². The molecule has 0 unspecified atom stereocenters. The van der Waals surface area contributed by atoms with E-state index in [2.05, 4.69) is 31.2 Å². The minimum absolute atomic E-state index is 0. The molecule has 0 radical (unpaired) electrons. The van der Waals surface area contributed by atoms with Crippen molar-refractivity contribution in [2.45, 2.75) is 26.6 Å². The van der Waals surface area contributed by atoms with Crippen molar-refractivity contribution in [2.24, 2.45) is 5.73 Å². The van der Waals surface area contributed by atoms with E-state index in [0.717, 1.165) is 12.1 Å². The van der Waals surface area contributed by atoms with Crippen LogP contribution >= 0.6 is 28.3 Å². The predicted octanol–water partition coefficient (Wildman–Crippen LogP) is 2.61. The molecule has 0 atom stereocenters. The van der Waals surface area contributed by atoms with E-state index < -0.39 is 11.6 Å². The van der Waals surface area contributed by atoms with Crippen LogP contribution in [0.4, 0.5) is 8.78 Å². The molecule has 33 heavy (non-hydrogen) atoms. The van der Waals surface area contributed by atoms with Gasteiger partial charge in [0.1, 0.15) is 28.5 Å². The van der Waals surface area contributed by atoms with Gasteiger partial charge in [-0.1, -0.05) is 0 Å². The van der Waals surface area contributed by atoms with Crippen molar-refractivity contribution in [1.82, 2.24) is 19.9 Å². The van der Waals surface area contributed by atoms with Crippen LogP contribution in [0.1, 0.15) is 22.6 Å². The maximum atomic E-state index is 13.8. The highest BCUT2D eigenvalue weighted by atomic mass is 79.9. The smallest absolute Gasteiger partial charge is 0.269 e. The fourth-order valence-corrected chi connectivity index (χ4v) is 3.23. The molecule has 1 aromatic carbocycles. The molecule has 12 heteroatoms. The van der Waals surface area contributed by atoms with Crippen LogP contribution in [0.5, 0.6) is 5.75 Å². The third-order valence-corrected chi connectivity index (χ3v) is 5.27. The van der Waals surface area contributed by atoms with Crippen LogP contribution in [0.2, 0.25) is 0 Å². The van der Waals surface area contributed by atoms with Gasteiger partial charge in [0.25, 0.3) is 5.56 Å². The van der Waals surface area contributed by atoms with E-state index in [1.54, 1.807) is 13.0 Å². The average Bonchev–Trinajstić information content (AvgIpc) is 2.78. The fourth-order valence-electron chi connectivity index (χ4n) is 2.79. The second-order valence-corrected chi connectivity index (χ2v) is 7.65. The SMILES string of the molecule is Cc1cc(OCc2ccc(F)cc2F)c(Br)c(=O)n1Cc1cnc(CNC(=O)CN)cn1.Cl. The van der Waals surface area contributed by atoms with E-state index >= 15 is 0 Å². The summed E-state index contributed by atoms with van der Waals surface area (Å²) in [5.74, 6) is -1.46. The summed E-state index contributed by atoms with van der Waals surface area (Å²) in [5.41, 5.74) is 6.72. The number of halogens is 4. The zero-order chi connectivity index (χ0) is 23.3. The molecule has 3 rings (SSSR count). The third-order valence-electron chi connectivity index (χ3n) is 4.54. The number of carbonyl (C=O) groups is 1. The number of rotatable bonds is 8. The Morgan fingerprint density at radius 3 is 2.55 bits per heavy atom. The molecule has 8 nitrogen and oxygen atoms in total. The van der Waals surface area contributed by atoms with Gasteiger partial charge in [-0.05, 0) is 35.0 Å². The van der Waals surface area contributed by atoms with Gasteiger partial charge < -0.3 is 20.4 Å². The molecule has 2 aromatic heterocycles. The minimum atomic E-state index is -0.726. The molecule has 0 bridgehead atoms. The number of ether oxygens (including phenoxy) is 1. The summed E-state index contributed by atoms with van der Waals surface area (Å²) in [6, 6.07) is 4.83. The zero-order valence-electron chi connectivity index (χ0n) is 17.5. The molecule has 0 aliphatic carbocycles. The zero-order valence-corrected chi connectivity index (χ0v) is 19.9. The number of benzene rings is 1. The highest BCUT2D eigenvalue weighted by Crippen LogP contribution is 2.24. The maximum absolute atomic E-state index is 13.8. The molecule has 0 aliphatic rings. The molecule has 176 valence electrons. The highest BCUT2D eigenvalue weighted by molar-refractivity contribution is 9.10. The third kappa shape index (κ3) is 6.80. The quantitative estimate of drug-likeness (QED) is 0.451. The predicted molar refractivity (Wildman–Crippen MR) is 123 cm³/mol. The molecule has 0 saturated carbocycles. The summed E-state index contributed by atoms with van der Waals surface area (Å²) in [7, 11) is 0. The lowest BCUT2D eigenvalue weighted by molar-refractivity contribution is -0.119. The number of amides is 1. The Bertz CT molecular complexity index is 1190. The standard InChI is InChI=1S/C21H20BrF2N5O3.ClH/c1-12-4-18(32-11-13-2-3-14(23)5-17(13)24)20(22)21(31)29(12)10-16-9-26-15(7-27-16)8-28-19(30)6-25;/h2-5,7,9H,6,8,10-11,25H2,1H3,(H,28,30);1H. The number of nitrogens with one attached hydrogen (secondary N) is 1. The Morgan fingerprint density at radius 2 is 1.91 bits per heavy atom. The second-order valence-electron chi connectivity index (χ2n) is 6.86. The molecule has 2 heterocycles. The lowest BCUT2D eigenvalue weighted by atomic mass is 10.2. The second kappa shape index (κ2) is 11.8. The van der Waals surface area contributed by atoms with Crippen LogP contribution in [-0.2, 0) is 24.5 Å². The number of nitrogens with zero attached hydrogens (tertiary/aromatic N) is 3. The highest BCUT2D eigenvalue weighted by Gasteiger charge is 2.14. The van der Waals surface area contributed by atoms with E-state index in [9.17, 15) is 18.4 Å². The molecule has 0 fully saturated rings. The van der Waals surface area contributed by atoms with Crippen molar-refractivity contribution in [3.63, 3.8) is 0 Å². The van der Waals surface area contributed by atoms with Gasteiger partial charge in [0.15, 0.2) is 0 Å². The van der Waals surface area contributed by atoms with Crippen LogP contribution in [0.15, 0.2) is 45.9 Å². The summed E-state index contributed by atoms with van der Waals surface area (Å²) in [6.45, 7) is 1.82. The molecule has 0 saturated heterocycles. The van der Waals surface area contributed by atoms with Crippen molar-refractivity contribution >= 4 is 34.2 Å². The summed E-state index contributed by atoms with van der Waals surface area (Å²) >= 11 is 3.24. The first-order valence-corrected chi connectivity index (χ1v) is 10.3. The first-order valence-electron chi connectivity index (χ1n) is 9.51. The fraction of sp³-hybridized carbons (Fsp3) is 0.238. The summed E-state index contributed by atoms with van der Waals surface area (Å²) in [6.07, 6.45) is 3.03. The number of aromatic nitrogens is 3. The van der Waals surface area contributed by atoms with Gasteiger partial charge in [-0.3, -0.25) is 19.6 Å². The Labute approximate surface area is 202 Å². The Hall–Kier alpha value is -2.89. The van der Waals surface area contributed by atoms with Crippen LogP contribution < -0.4 is 21.3 Å². The van der Waals surface area contributed by atoms with Crippen molar-refractivity contribution in [3.8, 4) is 5.75 Å². The van der Waals surface area contributed by atoms with Gasteiger partial charge >= 0.3 is 0 Å². The first kappa shape index (κ1) is 26.4. The normalized spacial score (nSPS) is 10.5. The molecular formula is C21H21BrClF2N5O3. The molecular weight excluding hydrogens is 524 g/mol. The van der Waals surface area contributed by atoms with E-state index in [-0.39, 0.29) is 65.9 Å². The first-order chi connectivity index (χ1) is 15.3. The average molecular weight is 545 g/mol. The maximum Gasteiger partial charge on any atom is 0.269 e. The van der Waals surface area contributed by atoms with E-state index in [4.69, 9.17) is 10.5 Å². The van der Waals surface area contributed by atoms with Crippen LogP contribution in [0, 0.1) is 18.6 Å². The van der Waals surface area contributed by atoms with Crippen LogP contribution in [-0.4, -0.2) is 27.0 Å². The Kier molecular flexibility index (Phi) is 9.44. The Morgan fingerprint density at radius 1 is 1.21 bits per heavy atom. The van der Waals surface area contributed by atoms with Gasteiger partial charge in [-0.25, -0.2) is 8.78 Å². The summed E-state index contributed by atoms with van der Waals surface area (Å²) < 4.78 is 34.1.